The second-order valence-electron chi connectivity index (χ2n) is 5.26. The fourth-order valence-corrected chi connectivity index (χ4v) is 1.79. The van der Waals surface area contributed by atoms with Gasteiger partial charge in [-0.15, -0.1) is 0 Å². The van der Waals surface area contributed by atoms with Crippen LogP contribution in [0.25, 0.3) is 0 Å². The van der Waals surface area contributed by atoms with Gasteiger partial charge in [0.25, 0.3) is 0 Å². The summed E-state index contributed by atoms with van der Waals surface area (Å²) in [4.78, 5) is 23.0. The molecule has 5 nitrogen and oxygen atoms in total. The third-order valence-corrected chi connectivity index (χ3v) is 2.87. The highest BCUT2D eigenvalue weighted by atomic mass is 16.5. The summed E-state index contributed by atoms with van der Waals surface area (Å²) in [5.74, 6) is -0.131. The first-order chi connectivity index (χ1) is 10.5. The van der Waals surface area contributed by atoms with Crippen molar-refractivity contribution >= 4 is 11.9 Å². The molecule has 0 aliphatic rings. The zero-order chi connectivity index (χ0) is 16.4. The lowest BCUT2D eigenvalue weighted by Gasteiger charge is -2.12. The summed E-state index contributed by atoms with van der Waals surface area (Å²) in [6.07, 6.45) is 2.62. The van der Waals surface area contributed by atoms with Crippen molar-refractivity contribution in [1.29, 1.82) is 0 Å². The van der Waals surface area contributed by atoms with E-state index in [1.807, 2.05) is 37.3 Å². The molecule has 0 spiro atoms. The smallest absolute Gasteiger partial charge is 0.407 e. The number of hydrogen-bond acceptors (Lipinski definition) is 4. The summed E-state index contributed by atoms with van der Waals surface area (Å²) >= 11 is 0. The highest BCUT2D eigenvalue weighted by Gasteiger charge is 2.07. The molecule has 2 atom stereocenters. The summed E-state index contributed by atoms with van der Waals surface area (Å²) in [5.41, 5.74) is 0.925. The van der Waals surface area contributed by atoms with Gasteiger partial charge in [0.15, 0.2) is 5.78 Å². The van der Waals surface area contributed by atoms with Gasteiger partial charge in [0.1, 0.15) is 6.61 Å². The van der Waals surface area contributed by atoms with Crippen LogP contribution >= 0.6 is 0 Å². The fourth-order valence-electron chi connectivity index (χ4n) is 1.79. The van der Waals surface area contributed by atoms with Crippen LogP contribution in [0, 0.1) is 0 Å². The highest BCUT2D eigenvalue weighted by Crippen LogP contribution is 2.02. The lowest BCUT2D eigenvalue weighted by atomic mass is 10.1. The van der Waals surface area contributed by atoms with E-state index in [9.17, 15) is 9.59 Å². The first kappa shape index (κ1) is 17.9. The molecule has 0 aromatic heterocycles. The van der Waals surface area contributed by atoms with Gasteiger partial charge in [-0.2, -0.15) is 0 Å². The molecule has 0 saturated carbocycles. The molecule has 0 saturated heterocycles. The van der Waals surface area contributed by atoms with Crippen LogP contribution in [0.2, 0.25) is 0 Å². The Bertz CT molecular complexity index is 497. The number of alkyl carbamates (subject to hydrolysis) is 1. The Balaban J connectivity index is 2.23. The molecule has 0 heterocycles. The molecule has 1 aromatic carbocycles. The average molecular weight is 305 g/mol. The predicted octanol–water partition coefficient (Wildman–Crippen LogP) is 2.59. The van der Waals surface area contributed by atoms with Crippen molar-refractivity contribution in [2.24, 2.45) is 0 Å². The fraction of sp³-hybridized carbons (Fsp3) is 0.412. The van der Waals surface area contributed by atoms with Crippen molar-refractivity contribution in [1.82, 2.24) is 5.32 Å². The van der Waals surface area contributed by atoms with E-state index in [0.717, 1.165) is 5.56 Å². The summed E-state index contributed by atoms with van der Waals surface area (Å²) in [5, 5.41) is 11.8. The van der Waals surface area contributed by atoms with Crippen LogP contribution in [0.4, 0.5) is 4.79 Å². The maximum atomic E-state index is 11.6. The second kappa shape index (κ2) is 9.73. The van der Waals surface area contributed by atoms with Crippen LogP contribution in [-0.4, -0.2) is 29.1 Å². The van der Waals surface area contributed by atoms with Gasteiger partial charge in [-0.1, -0.05) is 36.4 Å². The second-order valence-corrected chi connectivity index (χ2v) is 5.26. The van der Waals surface area contributed by atoms with Crippen LogP contribution in [0.15, 0.2) is 42.5 Å². The number of ketones is 1. The minimum absolute atomic E-state index is 0.109. The van der Waals surface area contributed by atoms with Gasteiger partial charge in [-0.3, -0.25) is 4.79 Å². The molecule has 1 rings (SSSR count). The molecule has 0 unspecified atom stereocenters. The van der Waals surface area contributed by atoms with Gasteiger partial charge in [0.05, 0.1) is 6.10 Å². The number of rotatable bonds is 8. The molecule has 0 radical (unpaired) electrons. The van der Waals surface area contributed by atoms with E-state index in [-0.39, 0.29) is 24.9 Å². The minimum Gasteiger partial charge on any atom is -0.445 e. The van der Waals surface area contributed by atoms with Crippen LogP contribution in [0.1, 0.15) is 32.3 Å². The van der Waals surface area contributed by atoms with E-state index in [0.29, 0.717) is 6.42 Å². The number of aliphatic hydroxyl groups excluding tert-OH is 1. The Labute approximate surface area is 131 Å². The van der Waals surface area contributed by atoms with Crippen LogP contribution in [0.5, 0.6) is 0 Å². The maximum Gasteiger partial charge on any atom is 0.407 e. The molecular formula is C17H23NO4. The Morgan fingerprint density at radius 3 is 2.59 bits per heavy atom. The van der Waals surface area contributed by atoms with Crippen molar-refractivity contribution in [2.75, 3.05) is 0 Å². The SMILES string of the molecule is C[C@H](C/C=C/C(=O)C[C@@H](C)O)NC(=O)OCc1ccccc1. The predicted molar refractivity (Wildman–Crippen MR) is 84.3 cm³/mol. The van der Waals surface area contributed by atoms with Gasteiger partial charge < -0.3 is 15.2 Å². The number of hydrogen-bond donors (Lipinski definition) is 2. The molecule has 0 fully saturated rings. The number of aliphatic hydroxyl groups is 1. The molecule has 5 heteroatoms. The number of amides is 1. The number of carbonyl (C=O) groups excluding carboxylic acids is 2. The Morgan fingerprint density at radius 1 is 1.27 bits per heavy atom. The van der Waals surface area contributed by atoms with E-state index in [1.165, 1.54) is 6.08 Å². The monoisotopic (exact) mass is 305 g/mol. The normalized spacial score (nSPS) is 13.6. The first-order valence-corrected chi connectivity index (χ1v) is 7.32. The molecule has 0 aliphatic carbocycles. The molecule has 1 amide bonds. The zero-order valence-electron chi connectivity index (χ0n) is 13.0. The van der Waals surface area contributed by atoms with Crippen molar-refractivity contribution in [3.63, 3.8) is 0 Å². The Hall–Kier alpha value is -2.14. The largest absolute Gasteiger partial charge is 0.445 e. The number of carbonyl (C=O) groups is 2. The third-order valence-electron chi connectivity index (χ3n) is 2.87. The number of benzene rings is 1. The van der Waals surface area contributed by atoms with Gasteiger partial charge in [-0.25, -0.2) is 4.79 Å². The standard InChI is InChI=1S/C17H23NO4/c1-13(7-6-10-16(20)11-14(2)19)18-17(21)22-12-15-8-4-3-5-9-15/h3-6,8-10,13-14,19H,7,11-12H2,1-2H3,(H,18,21)/b10-6+/t13-,14-/m1/s1. The van der Waals surface area contributed by atoms with E-state index in [1.54, 1.807) is 13.0 Å². The molecule has 22 heavy (non-hydrogen) atoms. The number of ether oxygens (including phenoxy) is 1. The van der Waals surface area contributed by atoms with Crippen LogP contribution in [0.3, 0.4) is 0 Å². The van der Waals surface area contributed by atoms with Crippen LogP contribution in [-0.2, 0) is 16.1 Å². The van der Waals surface area contributed by atoms with Gasteiger partial charge in [0.2, 0.25) is 0 Å². The lowest BCUT2D eigenvalue weighted by molar-refractivity contribution is -0.116. The van der Waals surface area contributed by atoms with E-state index >= 15 is 0 Å². The summed E-state index contributed by atoms with van der Waals surface area (Å²) < 4.78 is 5.10. The van der Waals surface area contributed by atoms with E-state index < -0.39 is 12.2 Å². The van der Waals surface area contributed by atoms with Gasteiger partial charge in [0, 0.05) is 12.5 Å². The molecule has 1 aromatic rings. The average Bonchev–Trinajstić information content (AvgIpc) is 2.45. The quantitative estimate of drug-likeness (QED) is 0.724. The van der Waals surface area contributed by atoms with Gasteiger partial charge >= 0.3 is 6.09 Å². The third kappa shape index (κ3) is 8.21. The molecular weight excluding hydrogens is 282 g/mol. The van der Waals surface area contributed by atoms with Crippen molar-refractivity contribution in [3.8, 4) is 0 Å². The summed E-state index contributed by atoms with van der Waals surface area (Å²) in [6, 6.07) is 9.29. The van der Waals surface area contributed by atoms with Crippen LogP contribution < -0.4 is 5.32 Å². The Kier molecular flexibility index (Phi) is 7.92. The van der Waals surface area contributed by atoms with Crippen molar-refractivity contribution in [3.05, 3.63) is 48.0 Å². The Morgan fingerprint density at radius 2 is 1.95 bits per heavy atom. The summed E-state index contributed by atoms with van der Waals surface area (Å²) in [6.45, 7) is 3.62. The van der Waals surface area contributed by atoms with E-state index in [4.69, 9.17) is 9.84 Å². The molecule has 0 aliphatic heterocycles. The van der Waals surface area contributed by atoms with Crippen molar-refractivity contribution in [2.45, 2.75) is 45.4 Å². The zero-order valence-corrected chi connectivity index (χ0v) is 13.0. The summed E-state index contributed by atoms with van der Waals surface area (Å²) in [7, 11) is 0. The van der Waals surface area contributed by atoms with E-state index in [2.05, 4.69) is 5.32 Å². The lowest BCUT2D eigenvalue weighted by Crippen LogP contribution is -2.32. The molecule has 120 valence electrons. The molecule has 2 N–H and O–H groups in total. The topological polar surface area (TPSA) is 75.6 Å². The molecule has 0 bridgehead atoms. The number of nitrogens with one attached hydrogen (secondary N) is 1. The highest BCUT2D eigenvalue weighted by molar-refractivity contribution is 5.89. The van der Waals surface area contributed by atoms with Gasteiger partial charge in [-0.05, 0) is 31.9 Å². The minimum atomic E-state index is -0.638. The maximum absolute atomic E-state index is 11.6. The number of allylic oxidation sites excluding steroid dienone is 1. The first-order valence-electron chi connectivity index (χ1n) is 7.32. The van der Waals surface area contributed by atoms with Crippen molar-refractivity contribution < 1.29 is 19.4 Å².